The van der Waals surface area contributed by atoms with Crippen molar-refractivity contribution in [1.82, 2.24) is 4.90 Å². The van der Waals surface area contributed by atoms with Crippen molar-refractivity contribution in [3.63, 3.8) is 0 Å². The van der Waals surface area contributed by atoms with Crippen LogP contribution in [0.4, 0.5) is 0 Å². The van der Waals surface area contributed by atoms with Crippen LogP contribution in [-0.2, 0) is 14.2 Å². The summed E-state index contributed by atoms with van der Waals surface area (Å²) in [6.45, 7) is 10.2. The van der Waals surface area contributed by atoms with E-state index in [-0.39, 0.29) is 19.3 Å². The predicted molar refractivity (Wildman–Crippen MR) is 142 cm³/mol. The van der Waals surface area contributed by atoms with Crippen molar-refractivity contribution < 1.29 is 24.4 Å². The van der Waals surface area contributed by atoms with Gasteiger partial charge in [-0.2, -0.15) is 0 Å². The van der Waals surface area contributed by atoms with Gasteiger partial charge >= 0.3 is 0 Å². The third kappa shape index (κ3) is 14.8. The highest BCUT2D eigenvalue weighted by molar-refractivity contribution is 4.84. The maximum Gasteiger partial charge on any atom is 0.257 e. The number of hydrogen-bond donors (Lipinski definition) is 2. The first kappa shape index (κ1) is 33.5. The van der Waals surface area contributed by atoms with Crippen LogP contribution in [-0.4, -0.2) is 73.3 Å². The minimum Gasteiger partial charge on any atom is -0.395 e. The number of ether oxygens (including phenoxy) is 3. The predicted octanol–water partition coefficient (Wildman–Crippen LogP) is 6.05. The number of aliphatic hydroxyl groups is 2. The fraction of sp³-hybridized carbons (Fsp3) is 0.929. The van der Waals surface area contributed by atoms with Crippen LogP contribution in [0.3, 0.4) is 0 Å². The zero-order valence-corrected chi connectivity index (χ0v) is 22.9. The van der Waals surface area contributed by atoms with Crippen molar-refractivity contribution in [1.29, 1.82) is 0 Å². The monoisotopic (exact) mass is 487 g/mol. The summed E-state index contributed by atoms with van der Waals surface area (Å²) in [5.41, 5.74) is 0. The number of unbranched alkanes of at least 4 members (excludes halogenated alkanes) is 10. The highest BCUT2D eigenvalue weighted by Gasteiger charge is 2.46. The Hall–Kier alpha value is -0.500. The Morgan fingerprint density at radius 1 is 0.676 bits per heavy atom. The van der Waals surface area contributed by atoms with Crippen LogP contribution >= 0.6 is 0 Å². The fourth-order valence-electron chi connectivity index (χ4n) is 4.49. The fourth-order valence-corrected chi connectivity index (χ4v) is 4.49. The summed E-state index contributed by atoms with van der Waals surface area (Å²) in [5.74, 6) is -1.09. The van der Waals surface area contributed by atoms with E-state index >= 15 is 0 Å². The molecule has 0 rings (SSSR count). The van der Waals surface area contributed by atoms with Crippen LogP contribution in [0.2, 0.25) is 0 Å². The molecule has 0 aliphatic rings. The molecule has 6 nitrogen and oxygen atoms in total. The van der Waals surface area contributed by atoms with E-state index in [1.165, 1.54) is 57.8 Å². The van der Waals surface area contributed by atoms with E-state index in [1.807, 2.05) is 25.7 Å². The molecule has 0 saturated carbocycles. The number of rotatable bonds is 26. The van der Waals surface area contributed by atoms with Gasteiger partial charge in [-0.1, -0.05) is 70.4 Å². The highest BCUT2D eigenvalue weighted by atomic mass is 16.7. The second-order valence-corrected chi connectivity index (χ2v) is 8.89. The molecule has 1 unspecified atom stereocenters. The molecule has 0 aliphatic heterocycles. The first-order valence-electron chi connectivity index (χ1n) is 14.2. The van der Waals surface area contributed by atoms with E-state index in [0.29, 0.717) is 32.9 Å². The van der Waals surface area contributed by atoms with Crippen molar-refractivity contribution in [2.45, 2.75) is 123 Å². The van der Waals surface area contributed by atoms with Crippen LogP contribution in [0.25, 0.3) is 0 Å². The molecular weight excluding hydrogens is 430 g/mol. The number of aliphatic hydroxyl groups excluding tert-OH is 2. The van der Waals surface area contributed by atoms with E-state index in [0.717, 1.165) is 25.7 Å². The Morgan fingerprint density at radius 2 is 1.18 bits per heavy atom. The number of allylic oxidation sites excluding steroid dienone is 2. The molecule has 0 amide bonds. The van der Waals surface area contributed by atoms with Crippen molar-refractivity contribution in [2.75, 3.05) is 46.1 Å². The molecule has 0 aliphatic carbocycles. The van der Waals surface area contributed by atoms with E-state index in [4.69, 9.17) is 14.2 Å². The van der Waals surface area contributed by atoms with Crippen LogP contribution in [0.15, 0.2) is 12.2 Å². The molecule has 0 aromatic rings. The van der Waals surface area contributed by atoms with Crippen LogP contribution < -0.4 is 0 Å². The van der Waals surface area contributed by atoms with Gasteiger partial charge in [-0.25, -0.2) is 4.90 Å². The van der Waals surface area contributed by atoms with Gasteiger partial charge in [0.25, 0.3) is 5.91 Å². The Balaban J connectivity index is 4.54. The molecule has 0 spiro atoms. The summed E-state index contributed by atoms with van der Waals surface area (Å²) in [6, 6.07) is 0. The molecule has 0 aromatic heterocycles. The average Bonchev–Trinajstić information content (AvgIpc) is 2.83. The number of nitrogens with zero attached hydrogens (tertiary/aromatic N) is 1. The summed E-state index contributed by atoms with van der Waals surface area (Å²) >= 11 is 0. The number of hydrogen-bond acceptors (Lipinski definition) is 6. The lowest BCUT2D eigenvalue weighted by Gasteiger charge is -2.46. The molecule has 1 atom stereocenters. The molecule has 34 heavy (non-hydrogen) atoms. The van der Waals surface area contributed by atoms with Crippen LogP contribution in [0.5, 0.6) is 0 Å². The molecule has 0 heterocycles. The third-order valence-corrected chi connectivity index (χ3v) is 6.14. The zero-order valence-electron chi connectivity index (χ0n) is 22.9. The van der Waals surface area contributed by atoms with Gasteiger partial charge in [-0.3, -0.25) is 0 Å². The minimum absolute atomic E-state index is 0.0346. The molecule has 0 radical (unpaired) electrons. The Kier molecular flexibility index (Phi) is 23.8. The Labute approximate surface area is 211 Å². The SMILES string of the molecule is CCCCCCCCC=CCCCCCCC(OCC)C(OCC)(OCC)N(CCO)CCO. The average molecular weight is 488 g/mol. The molecule has 0 fully saturated rings. The van der Waals surface area contributed by atoms with Gasteiger partial charge < -0.3 is 24.4 Å². The van der Waals surface area contributed by atoms with E-state index in [1.54, 1.807) is 0 Å². The van der Waals surface area contributed by atoms with Gasteiger partial charge in [0.2, 0.25) is 0 Å². The molecule has 0 bridgehead atoms. The zero-order chi connectivity index (χ0) is 25.3. The Morgan fingerprint density at radius 3 is 1.65 bits per heavy atom. The Bertz CT molecular complexity index is 435. The second kappa shape index (κ2) is 24.2. The maximum absolute atomic E-state index is 9.60. The van der Waals surface area contributed by atoms with Gasteiger partial charge in [0, 0.05) is 32.9 Å². The lowest BCUT2D eigenvalue weighted by Crippen LogP contribution is -2.62. The highest BCUT2D eigenvalue weighted by Crippen LogP contribution is 2.30. The first-order chi connectivity index (χ1) is 16.7. The molecule has 2 N–H and O–H groups in total. The molecule has 204 valence electrons. The standard InChI is InChI=1S/C28H57NO5/c1-5-9-10-11-12-13-14-15-16-17-18-19-20-21-22-27(32-6-2)28(33-7-3,34-8-4)29(23-25-30)24-26-31/h15-16,27,30-31H,5-14,17-26H2,1-4H3. The van der Waals surface area contributed by atoms with Crippen LogP contribution in [0, 0.1) is 0 Å². The second-order valence-electron chi connectivity index (χ2n) is 8.89. The van der Waals surface area contributed by atoms with Gasteiger partial charge in [0.15, 0.2) is 0 Å². The van der Waals surface area contributed by atoms with Gasteiger partial charge in [0.05, 0.1) is 13.2 Å². The van der Waals surface area contributed by atoms with Crippen molar-refractivity contribution >= 4 is 0 Å². The van der Waals surface area contributed by atoms with Crippen molar-refractivity contribution in [2.24, 2.45) is 0 Å². The largest absolute Gasteiger partial charge is 0.395 e. The van der Waals surface area contributed by atoms with E-state index < -0.39 is 5.91 Å². The summed E-state index contributed by atoms with van der Waals surface area (Å²) in [4.78, 5) is 1.88. The summed E-state index contributed by atoms with van der Waals surface area (Å²) < 4.78 is 18.5. The van der Waals surface area contributed by atoms with Crippen molar-refractivity contribution in [3.8, 4) is 0 Å². The quantitative estimate of drug-likeness (QED) is 0.0879. The van der Waals surface area contributed by atoms with Crippen LogP contribution in [0.1, 0.15) is 111 Å². The van der Waals surface area contributed by atoms with Gasteiger partial charge in [-0.05, 0) is 52.9 Å². The lowest BCUT2D eigenvalue weighted by atomic mass is 10.0. The molecule has 0 aromatic carbocycles. The topological polar surface area (TPSA) is 71.4 Å². The first-order valence-corrected chi connectivity index (χ1v) is 14.2. The van der Waals surface area contributed by atoms with Gasteiger partial charge in [0.1, 0.15) is 6.10 Å². The lowest BCUT2D eigenvalue weighted by molar-refractivity contribution is -0.362. The summed E-state index contributed by atoms with van der Waals surface area (Å²) in [7, 11) is 0. The molecular formula is C28H57NO5. The minimum atomic E-state index is -1.09. The van der Waals surface area contributed by atoms with E-state index in [2.05, 4.69) is 19.1 Å². The van der Waals surface area contributed by atoms with E-state index in [9.17, 15) is 10.2 Å². The summed E-state index contributed by atoms with van der Waals surface area (Å²) in [6.07, 6.45) is 20.4. The van der Waals surface area contributed by atoms with Crippen molar-refractivity contribution in [3.05, 3.63) is 12.2 Å². The normalized spacial score (nSPS) is 13.4. The smallest absolute Gasteiger partial charge is 0.257 e. The summed E-state index contributed by atoms with van der Waals surface area (Å²) in [5, 5.41) is 19.2. The maximum atomic E-state index is 9.60. The third-order valence-electron chi connectivity index (χ3n) is 6.14. The molecule has 6 heteroatoms. The molecule has 0 saturated heterocycles. The van der Waals surface area contributed by atoms with Gasteiger partial charge in [-0.15, -0.1) is 0 Å².